The molecule has 0 heterocycles. The predicted molar refractivity (Wildman–Crippen MR) is 74.2 cm³/mol. The standard InChI is InChI=1S/C12H15P.C2H6/c1-4-11(5-2)13(3)12-9-7-6-8-10-12;1-2/h4-10H,1H2,2-3H3;1-2H3/b11-5+;. The van der Waals surface area contributed by atoms with Crippen molar-refractivity contribution in [3.63, 3.8) is 0 Å². The molecule has 82 valence electrons. The SMILES string of the molecule is C=C/C(=C\C)P(C)c1ccccc1.CC. The van der Waals surface area contributed by atoms with Crippen LogP contribution in [-0.2, 0) is 0 Å². The van der Waals surface area contributed by atoms with Crippen LogP contribution in [0.2, 0.25) is 0 Å². The van der Waals surface area contributed by atoms with E-state index < -0.39 is 0 Å². The first-order valence-electron chi connectivity index (χ1n) is 5.37. The molecule has 1 atom stereocenters. The summed E-state index contributed by atoms with van der Waals surface area (Å²) >= 11 is 0. The van der Waals surface area contributed by atoms with Gasteiger partial charge >= 0.3 is 0 Å². The van der Waals surface area contributed by atoms with Crippen LogP contribution in [0.15, 0.2) is 54.4 Å². The van der Waals surface area contributed by atoms with E-state index >= 15 is 0 Å². The average molecular weight is 220 g/mol. The number of allylic oxidation sites excluding steroid dienone is 3. The Kier molecular flexibility index (Phi) is 7.95. The number of hydrogen-bond acceptors (Lipinski definition) is 0. The van der Waals surface area contributed by atoms with Crippen molar-refractivity contribution >= 4 is 13.2 Å². The molecule has 0 spiro atoms. The van der Waals surface area contributed by atoms with Gasteiger partial charge in [-0.25, -0.2) is 0 Å². The van der Waals surface area contributed by atoms with Crippen molar-refractivity contribution in [3.8, 4) is 0 Å². The maximum absolute atomic E-state index is 3.83. The van der Waals surface area contributed by atoms with E-state index in [-0.39, 0.29) is 7.92 Å². The zero-order valence-electron chi connectivity index (χ0n) is 10.2. The van der Waals surface area contributed by atoms with Crippen LogP contribution in [-0.4, -0.2) is 6.66 Å². The Bertz CT molecular complexity index is 298. The molecule has 0 fully saturated rings. The quantitative estimate of drug-likeness (QED) is 0.518. The summed E-state index contributed by atoms with van der Waals surface area (Å²) in [5.41, 5.74) is 0. The van der Waals surface area contributed by atoms with Crippen LogP contribution in [0.1, 0.15) is 20.8 Å². The van der Waals surface area contributed by atoms with Crippen molar-refractivity contribution in [2.45, 2.75) is 20.8 Å². The summed E-state index contributed by atoms with van der Waals surface area (Å²) in [6.45, 7) is 12.2. The smallest absolute Gasteiger partial charge is 0.0198 e. The van der Waals surface area contributed by atoms with Gasteiger partial charge < -0.3 is 0 Å². The van der Waals surface area contributed by atoms with Crippen LogP contribution in [0.25, 0.3) is 0 Å². The van der Waals surface area contributed by atoms with Gasteiger partial charge in [-0.05, 0) is 32.1 Å². The molecular formula is C14H21P. The lowest BCUT2D eigenvalue weighted by Crippen LogP contribution is -1.98. The first-order valence-corrected chi connectivity index (χ1v) is 7.16. The molecule has 1 aromatic rings. The van der Waals surface area contributed by atoms with Gasteiger partial charge in [0.15, 0.2) is 0 Å². The minimum absolute atomic E-state index is 0.196. The molecule has 15 heavy (non-hydrogen) atoms. The van der Waals surface area contributed by atoms with Crippen LogP contribution in [0, 0.1) is 0 Å². The molecule has 0 amide bonds. The van der Waals surface area contributed by atoms with E-state index in [1.54, 1.807) is 0 Å². The minimum Gasteiger partial charge on any atom is -0.0984 e. The summed E-state index contributed by atoms with van der Waals surface area (Å²) in [5, 5.41) is 2.76. The highest BCUT2D eigenvalue weighted by molar-refractivity contribution is 7.69. The summed E-state index contributed by atoms with van der Waals surface area (Å²) < 4.78 is 0. The highest BCUT2D eigenvalue weighted by atomic mass is 31.1. The molecule has 0 aliphatic carbocycles. The second-order valence-corrected chi connectivity index (χ2v) is 4.96. The van der Waals surface area contributed by atoms with Crippen molar-refractivity contribution in [2.24, 2.45) is 0 Å². The molecule has 0 radical (unpaired) electrons. The van der Waals surface area contributed by atoms with Gasteiger partial charge in [0.05, 0.1) is 0 Å². The van der Waals surface area contributed by atoms with Crippen LogP contribution in [0.5, 0.6) is 0 Å². The second kappa shape index (κ2) is 8.44. The van der Waals surface area contributed by atoms with Crippen molar-refractivity contribution in [1.82, 2.24) is 0 Å². The molecule has 0 saturated heterocycles. The van der Waals surface area contributed by atoms with E-state index in [1.165, 1.54) is 10.6 Å². The Morgan fingerprint density at radius 3 is 2.13 bits per heavy atom. The van der Waals surface area contributed by atoms with E-state index in [4.69, 9.17) is 0 Å². The van der Waals surface area contributed by atoms with Gasteiger partial charge in [-0.1, -0.05) is 62.9 Å². The van der Waals surface area contributed by atoms with E-state index in [0.29, 0.717) is 0 Å². The molecule has 0 aromatic heterocycles. The highest BCUT2D eigenvalue weighted by Gasteiger charge is 2.05. The molecule has 0 aliphatic rings. The number of benzene rings is 1. The van der Waals surface area contributed by atoms with Crippen LogP contribution < -0.4 is 5.30 Å². The Balaban J connectivity index is 0.000000921. The van der Waals surface area contributed by atoms with E-state index in [1.807, 2.05) is 19.9 Å². The third-order valence-corrected chi connectivity index (χ3v) is 4.32. The van der Waals surface area contributed by atoms with Crippen molar-refractivity contribution in [3.05, 3.63) is 54.4 Å². The monoisotopic (exact) mass is 220 g/mol. The van der Waals surface area contributed by atoms with Gasteiger partial charge in [-0.15, -0.1) is 0 Å². The first-order chi connectivity index (χ1) is 7.29. The van der Waals surface area contributed by atoms with Crippen LogP contribution in [0.3, 0.4) is 0 Å². The summed E-state index contributed by atoms with van der Waals surface area (Å²) in [6.07, 6.45) is 4.10. The second-order valence-electron chi connectivity index (χ2n) is 2.81. The molecule has 1 heteroatoms. The Morgan fingerprint density at radius 2 is 1.73 bits per heavy atom. The Labute approximate surface area is 95.5 Å². The molecule has 0 bridgehead atoms. The van der Waals surface area contributed by atoms with E-state index in [2.05, 4.69) is 56.6 Å². The van der Waals surface area contributed by atoms with E-state index in [9.17, 15) is 0 Å². The zero-order chi connectivity index (χ0) is 11.7. The number of rotatable bonds is 3. The molecule has 1 unspecified atom stereocenters. The normalized spacial score (nSPS) is 12.4. The van der Waals surface area contributed by atoms with Gasteiger partial charge in [0, 0.05) is 0 Å². The maximum atomic E-state index is 3.83. The van der Waals surface area contributed by atoms with Gasteiger partial charge in [0.1, 0.15) is 0 Å². The fourth-order valence-corrected chi connectivity index (χ4v) is 2.83. The summed E-state index contributed by atoms with van der Waals surface area (Å²) in [7, 11) is -0.196. The highest BCUT2D eigenvalue weighted by Crippen LogP contribution is 2.39. The Hall–Kier alpha value is -0.870. The van der Waals surface area contributed by atoms with E-state index in [0.717, 1.165) is 0 Å². The van der Waals surface area contributed by atoms with Crippen molar-refractivity contribution < 1.29 is 0 Å². The minimum atomic E-state index is -0.196. The molecule has 0 N–H and O–H groups in total. The molecule has 1 rings (SSSR count). The van der Waals surface area contributed by atoms with Crippen molar-refractivity contribution in [1.29, 1.82) is 0 Å². The Morgan fingerprint density at radius 1 is 1.20 bits per heavy atom. The predicted octanol–water partition coefficient (Wildman–Crippen LogP) is 4.54. The van der Waals surface area contributed by atoms with Gasteiger partial charge in [-0.2, -0.15) is 0 Å². The first kappa shape index (κ1) is 14.1. The van der Waals surface area contributed by atoms with Crippen molar-refractivity contribution in [2.75, 3.05) is 6.66 Å². The molecule has 0 saturated carbocycles. The lowest BCUT2D eigenvalue weighted by Gasteiger charge is -2.12. The largest absolute Gasteiger partial charge is 0.0984 e. The average Bonchev–Trinajstić information content (AvgIpc) is 2.34. The zero-order valence-corrected chi connectivity index (χ0v) is 11.1. The lowest BCUT2D eigenvalue weighted by atomic mass is 10.4. The fourth-order valence-electron chi connectivity index (χ4n) is 1.25. The van der Waals surface area contributed by atoms with Crippen LogP contribution >= 0.6 is 7.92 Å². The molecule has 0 aliphatic heterocycles. The van der Waals surface area contributed by atoms with Crippen LogP contribution in [0.4, 0.5) is 0 Å². The topological polar surface area (TPSA) is 0 Å². The maximum Gasteiger partial charge on any atom is -0.0198 e. The lowest BCUT2D eigenvalue weighted by molar-refractivity contribution is 1.50. The fraction of sp³-hybridized carbons (Fsp3) is 0.286. The van der Waals surface area contributed by atoms with Gasteiger partial charge in [0.2, 0.25) is 0 Å². The van der Waals surface area contributed by atoms with Gasteiger partial charge in [0.25, 0.3) is 0 Å². The molecule has 0 nitrogen and oxygen atoms in total. The molecular weight excluding hydrogens is 199 g/mol. The number of hydrogen-bond donors (Lipinski definition) is 0. The summed E-state index contributed by atoms with van der Waals surface area (Å²) in [6, 6.07) is 10.6. The third kappa shape index (κ3) is 4.44. The van der Waals surface area contributed by atoms with Gasteiger partial charge in [-0.3, -0.25) is 0 Å². The third-order valence-electron chi connectivity index (χ3n) is 2.04. The molecule has 1 aromatic carbocycles. The summed E-state index contributed by atoms with van der Waals surface area (Å²) in [4.78, 5) is 0. The summed E-state index contributed by atoms with van der Waals surface area (Å²) in [5.74, 6) is 0.